The minimum atomic E-state index is -4.71. The van der Waals surface area contributed by atoms with Gasteiger partial charge in [-0.3, -0.25) is 4.98 Å². The van der Waals surface area contributed by atoms with Crippen molar-refractivity contribution < 1.29 is 31.4 Å². The van der Waals surface area contributed by atoms with Gasteiger partial charge in [0, 0.05) is 36.7 Å². The highest BCUT2D eigenvalue weighted by molar-refractivity contribution is 5.49. The molecule has 0 aliphatic heterocycles. The Morgan fingerprint density at radius 2 is 1.71 bits per heavy atom. The van der Waals surface area contributed by atoms with E-state index in [0.717, 1.165) is 18.5 Å². The highest BCUT2D eigenvalue weighted by Crippen LogP contribution is 2.36. The smallest absolute Gasteiger partial charge is 0.390 e. The Morgan fingerprint density at radius 3 is 2.32 bits per heavy atom. The highest BCUT2D eigenvalue weighted by atomic mass is 19.4. The number of anilines is 2. The normalized spacial score (nSPS) is 22.3. The molecule has 2 aromatic heterocycles. The zero-order valence-electron chi connectivity index (χ0n) is 16.5. The van der Waals surface area contributed by atoms with Gasteiger partial charge in [-0.1, -0.05) is 0 Å². The molecule has 0 atom stereocenters. The van der Waals surface area contributed by atoms with Crippen LogP contribution in [0.15, 0.2) is 24.7 Å². The summed E-state index contributed by atoms with van der Waals surface area (Å²) in [5.41, 5.74) is -3.03. The largest absolute Gasteiger partial charge is 0.421 e. The molecule has 6 nitrogen and oxygen atoms in total. The van der Waals surface area contributed by atoms with Crippen molar-refractivity contribution in [3.05, 3.63) is 41.3 Å². The van der Waals surface area contributed by atoms with E-state index in [-0.39, 0.29) is 24.1 Å². The van der Waals surface area contributed by atoms with Crippen LogP contribution in [0.4, 0.5) is 38.1 Å². The van der Waals surface area contributed by atoms with E-state index in [1.54, 1.807) is 6.92 Å². The molecule has 1 fully saturated rings. The number of alkyl halides is 6. The van der Waals surface area contributed by atoms with Gasteiger partial charge in [-0.2, -0.15) is 31.3 Å². The first kappa shape index (κ1) is 23.0. The lowest BCUT2D eigenvalue weighted by molar-refractivity contribution is -0.138. The molecular formula is C19H21F6N5O. The fraction of sp³-hybridized carbons (Fsp3) is 0.526. The highest BCUT2D eigenvalue weighted by Gasteiger charge is 2.37. The van der Waals surface area contributed by atoms with Crippen LogP contribution in [0.2, 0.25) is 0 Å². The standard InChI is InChI=1S/C19H21F6N5O/c1-17(31)5-2-12(3-6-17)29-15-14(19(23,24)25)10-28-16(30-15)27-9-11-8-26-7-4-13(11)18(20,21)22/h4,7-8,10,12,31H,2-3,5-6,9H2,1H3,(H2,27,28,29,30)/t12-,17+. The number of nitrogens with zero attached hydrogens (tertiary/aromatic N) is 3. The Kier molecular flexibility index (Phi) is 6.30. The van der Waals surface area contributed by atoms with E-state index in [4.69, 9.17) is 0 Å². The Bertz CT molecular complexity index is 905. The summed E-state index contributed by atoms with van der Waals surface area (Å²) < 4.78 is 79.4. The fourth-order valence-electron chi connectivity index (χ4n) is 3.38. The minimum Gasteiger partial charge on any atom is -0.390 e. The summed E-state index contributed by atoms with van der Waals surface area (Å²) in [4.78, 5) is 11.1. The molecule has 1 saturated carbocycles. The zero-order chi connectivity index (χ0) is 22.9. The van der Waals surface area contributed by atoms with E-state index in [0.29, 0.717) is 31.9 Å². The summed E-state index contributed by atoms with van der Waals surface area (Å²) in [6, 6.07) is 0.481. The lowest BCUT2D eigenvalue weighted by Gasteiger charge is -2.34. The molecule has 2 aromatic rings. The summed E-state index contributed by atoms with van der Waals surface area (Å²) in [7, 11) is 0. The Morgan fingerprint density at radius 1 is 1.06 bits per heavy atom. The summed E-state index contributed by atoms with van der Waals surface area (Å²) >= 11 is 0. The van der Waals surface area contributed by atoms with Gasteiger partial charge in [0.2, 0.25) is 5.95 Å². The van der Waals surface area contributed by atoms with E-state index in [1.807, 2.05) is 0 Å². The van der Waals surface area contributed by atoms with Gasteiger partial charge in [-0.25, -0.2) is 4.98 Å². The second-order valence-electron chi connectivity index (χ2n) is 7.75. The Hall–Kier alpha value is -2.63. The molecule has 3 rings (SSSR count). The maximum absolute atomic E-state index is 13.4. The van der Waals surface area contributed by atoms with E-state index < -0.39 is 34.9 Å². The van der Waals surface area contributed by atoms with Crippen LogP contribution in [0, 0.1) is 0 Å². The Labute approximate surface area is 174 Å². The lowest BCUT2D eigenvalue weighted by Crippen LogP contribution is -2.36. The molecule has 1 aliphatic rings. The van der Waals surface area contributed by atoms with Crippen molar-refractivity contribution in [1.82, 2.24) is 15.0 Å². The van der Waals surface area contributed by atoms with Crippen molar-refractivity contribution in [2.75, 3.05) is 10.6 Å². The van der Waals surface area contributed by atoms with E-state index >= 15 is 0 Å². The monoisotopic (exact) mass is 449 g/mol. The van der Waals surface area contributed by atoms with E-state index in [2.05, 4.69) is 25.6 Å². The molecule has 0 radical (unpaired) electrons. The average molecular weight is 449 g/mol. The second-order valence-corrected chi connectivity index (χ2v) is 7.75. The third kappa shape index (κ3) is 5.96. The van der Waals surface area contributed by atoms with Crippen LogP contribution >= 0.6 is 0 Å². The van der Waals surface area contributed by atoms with Gasteiger partial charge in [0.1, 0.15) is 11.4 Å². The van der Waals surface area contributed by atoms with Crippen LogP contribution in [-0.4, -0.2) is 31.7 Å². The predicted molar refractivity (Wildman–Crippen MR) is 100 cm³/mol. The first-order valence-electron chi connectivity index (χ1n) is 9.52. The number of aliphatic hydroxyl groups is 1. The molecule has 12 heteroatoms. The van der Waals surface area contributed by atoms with Gasteiger partial charge >= 0.3 is 12.4 Å². The van der Waals surface area contributed by atoms with Crippen molar-refractivity contribution in [1.29, 1.82) is 0 Å². The summed E-state index contributed by atoms with van der Waals surface area (Å²) in [5, 5.41) is 15.3. The number of rotatable bonds is 5. The molecule has 0 amide bonds. The van der Waals surface area contributed by atoms with Gasteiger partial charge in [0.05, 0.1) is 11.2 Å². The molecule has 31 heavy (non-hydrogen) atoms. The van der Waals surface area contributed by atoms with Crippen molar-refractivity contribution in [2.24, 2.45) is 0 Å². The number of nitrogens with one attached hydrogen (secondary N) is 2. The predicted octanol–water partition coefficient (Wildman–Crippen LogP) is 4.63. The van der Waals surface area contributed by atoms with Crippen LogP contribution in [0.25, 0.3) is 0 Å². The second kappa shape index (κ2) is 8.48. The third-order valence-electron chi connectivity index (χ3n) is 5.14. The molecule has 1 aliphatic carbocycles. The number of aromatic nitrogens is 3. The lowest BCUT2D eigenvalue weighted by atomic mass is 9.83. The maximum Gasteiger partial charge on any atom is 0.421 e. The van der Waals surface area contributed by atoms with Crippen molar-refractivity contribution in [3.63, 3.8) is 0 Å². The molecule has 0 saturated heterocycles. The van der Waals surface area contributed by atoms with Crippen molar-refractivity contribution in [2.45, 2.75) is 63.1 Å². The van der Waals surface area contributed by atoms with Gasteiger partial charge in [-0.05, 0) is 38.7 Å². The van der Waals surface area contributed by atoms with Crippen LogP contribution in [0.5, 0.6) is 0 Å². The van der Waals surface area contributed by atoms with Gasteiger partial charge in [-0.15, -0.1) is 0 Å². The molecule has 3 N–H and O–H groups in total. The SMILES string of the molecule is C[C@]1(O)CC[C@@H](Nc2nc(NCc3cnccc3C(F)(F)F)ncc2C(F)(F)F)CC1. The molecule has 2 heterocycles. The zero-order valence-corrected chi connectivity index (χ0v) is 16.5. The van der Waals surface area contributed by atoms with Gasteiger partial charge < -0.3 is 15.7 Å². The molecule has 0 bridgehead atoms. The number of hydrogen-bond acceptors (Lipinski definition) is 6. The summed E-state index contributed by atoms with van der Waals surface area (Å²) in [6.45, 7) is 1.30. The number of halogens is 6. The fourth-order valence-corrected chi connectivity index (χ4v) is 3.38. The van der Waals surface area contributed by atoms with Gasteiger partial charge in [0.25, 0.3) is 0 Å². The molecule has 170 valence electrons. The summed E-state index contributed by atoms with van der Waals surface area (Å²) in [6.07, 6.45) is -4.97. The van der Waals surface area contributed by atoms with Crippen LogP contribution < -0.4 is 10.6 Å². The average Bonchev–Trinajstić information content (AvgIpc) is 2.67. The maximum atomic E-state index is 13.4. The third-order valence-corrected chi connectivity index (χ3v) is 5.14. The van der Waals surface area contributed by atoms with E-state index in [1.165, 1.54) is 0 Å². The van der Waals surface area contributed by atoms with Gasteiger partial charge in [0.15, 0.2) is 0 Å². The molecule has 0 aromatic carbocycles. The number of hydrogen-bond donors (Lipinski definition) is 3. The first-order valence-corrected chi connectivity index (χ1v) is 9.52. The summed E-state index contributed by atoms with van der Waals surface area (Å²) in [5.74, 6) is -0.714. The van der Waals surface area contributed by atoms with Crippen molar-refractivity contribution in [3.8, 4) is 0 Å². The van der Waals surface area contributed by atoms with Crippen LogP contribution in [-0.2, 0) is 18.9 Å². The molecule has 0 spiro atoms. The van der Waals surface area contributed by atoms with Crippen molar-refractivity contribution >= 4 is 11.8 Å². The van der Waals surface area contributed by atoms with Crippen LogP contribution in [0.3, 0.4) is 0 Å². The topological polar surface area (TPSA) is 83.0 Å². The molecule has 0 unspecified atom stereocenters. The van der Waals surface area contributed by atoms with E-state index in [9.17, 15) is 31.4 Å². The minimum absolute atomic E-state index is 0.192. The quantitative estimate of drug-likeness (QED) is 0.578. The molecular weight excluding hydrogens is 428 g/mol. The number of pyridine rings is 1. The Balaban J connectivity index is 1.79. The van der Waals surface area contributed by atoms with Crippen LogP contribution in [0.1, 0.15) is 49.3 Å². The first-order chi connectivity index (χ1) is 14.4.